The summed E-state index contributed by atoms with van der Waals surface area (Å²) in [5, 5.41) is 3.61. The summed E-state index contributed by atoms with van der Waals surface area (Å²) in [5.74, 6) is 0. The second-order valence-electron chi connectivity index (χ2n) is 11.6. The molecule has 6 heteroatoms. The van der Waals surface area contributed by atoms with E-state index in [4.69, 9.17) is 0 Å². The third kappa shape index (κ3) is 5.64. The van der Waals surface area contributed by atoms with Gasteiger partial charge in [-0.25, -0.2) is 0 Å². The maximum atomic E-state index is 2.76. The van der Waals surface area contributed by atoms with Crippen molar-refractivity contribution < 1.29 is 17.1 Å². The van der Waals surface area contributed by atoms with Crippen LogP contribution in [-0.2, 0) is 17.1 Å². The molecule has 0 unspecified atom stereocenters. The molecule has 162 valence electrons. The maximum Gasteiger partial charge on any atom is -0.147 e. The molecule has 2 aliphatic rings. The van der Waals surface area contributed by atoms with Crippen LogP contribution in [0.2, 0.25) is 48.6 Å². The Morgan fingerprint density at radius 3 is 1.25 bits per heavy atom. The Hall–Kier alpha value is 1.06. The van der Waals surface area contributed by atoms with Crippen LogP contribution in [0.25, 0.3) is 0 Å². The van der Waals surface area contributed by atoms with Gasteiger partial charge in [-0.15, -0.1) is 24.8 Å². The Bertz CT molecular complexity index is 748. The summed E-state index contributed by atoms with van der Waals surface area (Å²) in [7, 11) is -2.42. The molecular weight excluding hydrogens is 598 g/mol. The molecule has 0 heterocycles. The van der Waals surface area contributed by atoms with Crippen LogP contribution in [0.5, 0.6) is 0 Å². The Labute approximate surface area is 192 Å². The van der Waals surface area contributed by atoms with Gasteiger partial charge in [0.05, 0.1) is 0 Å². The minimum Gasteiger partial charge on any atom is -0.147 e. The predicted octanol–water partition coefficient (Wildman–Crippen LogP) is 7.91. The smallest absolute Gasteiger partial charge is 0.147 e. The van der Waals surface area contributed by atoms with E-state index >= 15 is 0 Å². The number of hydrogen-bond donors (Lipinski definition) is 0. The molecule has 0 spiro atoms. The molecule has 0 saturated heterocycles. The molecule has 0 aromatic heterocycles. The van der Waals surface area contributed by atoms with Crippen LogP contribution < -0.4 is 0 Å². The van der Waals surface area contributed by atoms with E-state index in [1.165, 1.54) is 25.7 Å². The molecule has 0 radical (unpaired) electrons. The summed E-state index contributed by atoms with van der Waals surface area (Å²) in [6.45, 7) is 22.4. The van der Waals surface area contributed by atoms with Crippen molar-refractivity contribution in [1.82, 2.24) is 0 Å². The summed E-state index contributed by atoms with van der Waals surface area (Å²) in [6, 6.07) is 0. The van der Waals surface area contributed by atoms with E-state index < -0.39 is 33.3 Å². The fraction of sp³-hybridized carbons (Fsp3) is 0.636. The largest absolute Gasteiger partial charge is 0.147 e. The van der Waals surface area contributed by atoms with E-state index in [-0.39, 0.29) is 24.8 Å². The number of halogens is 2. The first-order valence-electron chi connectivity index (χ1n) is 10.5. The van der Waals surface area contributed by atoms with Gasteiger partial charge in [-0.1, -0.05) is 0 Å². The molecule has 0 N–H and O–H groups in total. The Morgan fingerprint density at radius 2 is 1.04 bits per heavy atom. The summed E-state index contributed by atoms with van der Waals surface area (Å²) in [4.78, 5) is 0. The fourth-order valence-corrected chi connectivity index (χ4v) is 30.3. The van der Waals surface area contributed by atoms with Crippen molar-refractivity contribution >= 4 is 47.9 Å². The zero-order valence-electron chi connectivity index (χ0n) is 20.0. The van der Waals surface area contributed by atoms with Crippen molar-refractivity contribution in [2.45, 2.75) is 88.2 Å². The average Bonchev–Trinajstić information content (AvgIpc) is 3.10. The molecule has 28 heavy (non-hydrogen) atoms. The van der Waals surface area contributed by atoms with Crippen LogP contribution in [0.15, 0.2) is 40.4 Å². The third-order valence-electron chi connectivity index (χ3n) is 6.83. The van der Waals surface area contributed by atoms with Gasteiger partial charge >= 0.3 is 169 Å². The van der Waals surface area contributed by atoms with Crippen LogP contribution in [0.1, 0.15) is 39.5 Å². The molecule has 0 bridgehead atoms. The van der Waals surface area contributed by atoms with E-state index in [1.54, 1.807) is 21.5 Å². The van der Waals surface area contributed by atoms with E-state index in [1.807, 2.05) is 6.66 Å². The SMILES string of the molecule is CCC1=[C]([Hf]([CH3])([CH3])(=[SiH2])[C]2=C(CC)C=C([Si](C)(C)C)C2)CC([Si](C)(C)C)=C1.Cl.Cl. The maximum absolute atomic E-state index is 3.22. The van der Waals surface area contributed by atoms with Crippen LogP contribution in [-0.4, -0.2) is 23.1 Å². The predicted molar refractivity (Wildman–Crippen MR) is 141 cm³/mol. The quantitative estimate of drug-likeness (QED) is 0.259. The second-order valence-corrected chi connectivity index (χ2v) is 62.9. The summed E-state index contributed by atoms with van der Waals surface area (Å²) < 4.78 is 9.39. The molecule has 0 aliphatic heterocycles. The van der Waals surface area contributed by atoms with Gasteiger partial charge in [0, 0.05) is 0 Å². The average molecular weight is 642 g/mol. The second kappa shape index (κ2) is 9.28. The first-order chi connectivity index (χ1) is 11.6. The van der Waals surface area contributed by atoms with Crippen molar-refractivity contribution in [3.63, 3.8) is 0 Å². The van der Waals surface area contributed by atoms with E-state index in [2.05, 4.69) is 81.6 Å². The van der Waals surface area contributed by atoms with Gasteiger partial charge in [0.2, 0.25) is 0 Å². The zero-order chi connectivity index (χ0) is 20.2. The molecule has 0 saturated carbocycles. The summed E-state index contributed by atoms with van der Waals surface area (Å²) in [5.41, 5.74) is 3.45. The van der Waals surface area contributed by atoms with Gasteiger partial charge in [-0.2, -0.15) is 0 Å². The standard InChI is InChI=1S/2C10H17Si.2CH3.2ClH.Hf.H2Si/c2*1-5-9-6-7-10(8-9)11(2,3)4;;;;;;/h2*8H,5,7H2,1-4H3;2*1H3;2*1H;;1H2. The minimum absolute atomic E-state index is 0. The first kappa shape index (κ1) is 29.1. The number of rotatable bonds is 6. The van der Waals surface area contributed by atoms with Crippen LogP contribution >= 0.6 is 24.8 Å². The van der Waals surface area contributed by atoms with E-state index in [9.17, 15) is 0 Å². The first-order valence-corrected chi connectivity index (χ1v) is 36.7. The normalized spacial score (nSPS) is 18.7. The Morgan fingerprint density at radius 1 is 0.750 bits per heavy atom. The Balaban J connectivity index is 0.00000364. The van der Waals surface area contributed by atoms with Crippen molar-refractivity contribution in [3.8, 4) is 0 Å². The van der Waals surface area contributed by atoms with Crippen LogP contribution in [0.4, 0.5) is 0 Å². The van der Waals surface area contributed by atoms with Crippen LogP contribution in [0.3, 0.4) is 0 Å². The molecular formula is C22H44Cl2HfSi3. The molecule has 0 amide bonds. The van der Waals surface area contributed by atoms with Gasteiger partial charge in [-0.05, 0) is 0 Å². The summed E-state index contributed by atoms with van der Waals surface area (Å²) in [6.07, 6.45) is 10.4. The van der Waals surface area contributed by atoms with Crippen molar-refractivity contribution in [3.05, 3.63) is 40.4 Å². The molecule has 0 nitrogen and oxygen atoms in total. The van der Waals surface area contributed by atoms with Gasteiger partial charge in [0.25, 0.3) is 0 Å². The summed E-state index contributed by atoms with van der Waals surface area (Å²) >= 11 is -3.22. The van der Waals surface area contributed by atoms with Gasteiger partial charge < -0.3 is 0 Å². The molecule has 0 aromatic carbocycles. The molecule has 0 atom stereocenters. The van der Waals surface area contributed by atoms with E-state index in [0.717, 1.165) is 0 Å². The number of allylic oxidation sites excluding steroid dienone is 8. The fourth-order valence-electron chi connectivity index (χ4n) is 4.68. The minimum atomic E-state index is -3.22. The van der Waals surface area contributed by atoms with Gasteiger partial charge in [0.15, 0.2) is 0 Å². The zero-order valence-corrected chi connectivity index (χ0v) is 28.6. The van der Waals surface area contributed by atoms with Crippen LogP contribution in [0, 0.1) is 0 Å². The number of hydrogen-bond acceptors (Lipinski definition) is 0. The third-order valence-corrected chi connectivity index (χ3v) is 35.8. The molecule has 0 aromatic rings. The van der Waals surface area contributed by atoms with Crippen molar-refractivity contribution in [2.24, 2.45) is 0 Å². The monoisotopic (exact) mass is 642 g/mol. The van der Waals surface area contributed by atoms with E-state index in [0.29, 0.717) is 0 Å². The van der Waals surface area contributed by atoms with Crippen molar-refractivity contribution in [1.29, 1.82) is 0 Å². The van der Waals surface area contributed by atoms with Gasteiger partial charge in [-0.3, -0.25) is 0 Å². The van der Waals surface area contributed by atoms with Gasteiger partial charge in [0.1, 0.15) is 0 Å². The molecule has 2 aliphatic carbocycles. The molecule has 2 rings (SSSR count). The topological polar surface area (TPSA) is 0 Å². The van der Waals surface area contributed by atoms with Crippen molar-refractivity contribution in [2.75, 3.05) is 0 Å². The Kier molecular flexibility index (Phi) is 9.63. The molecule has 0 fully saturated rings.